The molecule has 0 atom stereocenters. The molecule has 28 heavy (non-hydrogen) atoms. The molecule has 12 heteroatoms. The lowest BCUT2D eigenvalue weighted by Gasteiger charge is -2.07. The van der Waals surface area contributed by atoms with Crippen LogP contribution < -0.4 is 10.6 Å². The van der Waals surface area contributed by atoms with Crippen molar-refractivity contribution in [2.24, 2.45) is 0 Å². The van der Waals surface area contributed by atoms with Gasteiger partial charge in [-0.05, 0) is 42.7 Å². The van der Waals surface area contributed by atoms with E-state index >= 15 is 0 Å². The SMILES string of the molecule is COCCNC(=O)NC(=O)COC(=O)c1ccc(-n2nc(SC)sc2=S)cc1. The van der Waals surface area contributed by atoms with Crippen LogP contribution in [0, 0.1) is 3.95 Å². The van der Waals surface area contributed by atoms with Gasteiger partial charge >= 0.3 is 12.0 Å². The number of ether oxygens (including phenoxy) is 2. The van der Waals surface area contributed by atoms with Crippen LogP contribution in [0.1, 0.15) is 10.4 Å². The maximum atomic E-state index is 12.0. The summed E-state index contributed by atoms with van der Waals surface area (Å²) in [4.78, 5) is 35.1. The molecule has 0 bridgehead atoms. The van der Waals surface area contributed by atoms with E-state index in [-0.39, 0.29) is 12.1 Å². The number of imide groups is 1. The number of amides is 3. The second-order valence-electron chi connectivity index (χ2n) is 5.17. The molecule has 0 aliphatic heterocycles. The largest absolute Gasteiger partial charge is 0.452 e. The average Bonchev–Trinajstić information content (AvgIpc) is 3.07. The number of aromatic nitrogens is 2. The Bertz CT molecular complexity index is 894. The van der Waals surface area contributed by atoms with E-state index in [1.807, 2.05) is 11.6 Å². The molecule has 1 heterocycles. The molecular formula is C16H18N4O5S3. The number of esters is 1. The summed E-state index contributed by atoms with van der Waals surface area (Å²) in [6, 6.07) is 5.77. The average molecular weight is 443 g/mol. The van der Waals surface area contributed by atoms with Crippen LogP contribution in [0.25, 0.3) is 5.69 Å². The Morgan fingerprint density at radius 3 is 2.61 bits per heavy atom. The van der Waals surface area contributed by atoms with Crippen molar-refractivity contribution in [3.8, 4) is 5.69 Å². The molecule has 2 rings (SSSR count). The van der Waals surface area contributed by atoms with E-state index in [0.29, 0.717) is 16.2 Å². The molecule has 9 nitrogen and oxygen atoms in total. The van der Waals surface area contributed by atoms with Gasteiger partial charge in [0, 0.05) is 13.7 Å². The minimum absolute atomic E-state index is 0.253. The topological polar surface area (TPSA) is 112 Å². The summed E-state index contributed by atoms with van der Waals surface area (Å²) in [6.45, 7) is -0.00691. The van der Waals surface area contributed by atoms with E-state index in [0.717, 1.165) is 4.34 Å². The van der Waals surface area contributed by atoms with Gasteiger partial charge in [0.1, 0.15) is 0 Å². The molecule has 0 radical (unpaired) electrons. The van der Waals surface area contributed by atoms with Crippen molar-refractivity contribution < 1.29 is 23.9 Å². The number of methoxy groups -OCH3 is 1. The van der Waals surface area contributed by atoms with Crippen molar-refractivity contribution in [2.45, 2.75) is 4.34 Å². The van der Waals surface area contributed by atoms with Crippen LogP contribution in [0.3, 0.4) is 0 Å². The van der Waals surface area contributed by atoms with Crippen molar-refractivity contribution in [3.63, 3.8) is 0 Å². The maximum absolute atomic E-state index is 12.0. The molecule has 0 unspecified atom stereocenters. The quantitative estimate of drug-likeness (QED) is 0.276. The van der Waals surface area contributed by atoms with E-state index < -0.39 is 24.5 Å². The fourth-order valence-corrected chi connectivity index (χ4v) is 3.71. The summed E-state index contributed by atoms with van der Waals surface area (Å²) in [5, 5.41) is 8.82. The van der Waals surface area contributed by atoms with E-state index in [1.54, 1.807) is 28.9 Å². The predicted octanol–water partition coefficient (Wildman–Crippen LogP) is 2.01. The standard InChI is InChI=1S/C16H18N4O5S3/c1-24-8-7-17-14(23)18-12(21)9-25-13(22)10-3-5-11(6-4-10)20-16(26)28-15(19-20)27-2/h3-6H,7-9H2,1-2H3,(H2,17,18,21,23). The first-order valence-electron chi connectivity index (χ1n) is 7.93. The lowest BCUT2D eigenvalue weighted by Crippen LogP contribution is -2.42. The van der Waals surface area contributed by atoms with Crippen LogP contribution in [-0.4, -0.2) is 60.8 Å². The number of hydrogen-bond acceptors (Lipinski definition) is 9. The molecule has 0 saturated heterocycles. The van der Waals surface area contributed by atoms with E-state index in [9.17, 15) is 14.4 Å². The van der Waals surface area contributed by atoms with Crippen LogP contribution in [-0.2, 0) is 14.3 Å². The van der Waals surface area contributed by atoms with Crippen LogP contribution in [0.4, 0.5) is 4.79 Å². The number of urea groups is 1. The molecular weight excluding hydrogens is 424 g/mol. The number of hydrogen-bond donors (Lipinski definition) is 2. The highest BCUT2D eigenvalue weighted by Crippen LogP contribution is 2.22. The molecule has 150 valence electrons. The molecule has 0 saturated carbocycles. The summed E-state index contributed by atoms with van der Waals surface area (Å²) >= 11 is 8.17. The number of benzene rings is 1. The van der Waals surface area contributed by atoms with E-state index in [1.165, 1.54) is 30.2 Å². The van der Waals surface area contributed by atoms with Gasteiger partial charge in [0.15, 0.2) is 14.9 Å². The van der Waals surface area contributed by atoms with Gasteiger partial charge in [-0.15, -0.1) is 5.10 Å². The Morgan fingerprint density at radius 1 is 1.29 bits per heavy atom. The molecule has 3 amide bonds. The van der Waals surface area contributed by atoms with Crippen LogP contribution in [0.2, 0.25) is 0 Å². The number of nitrogens with zero attached hydrogens (tertiary/aromatic N) is 2. The zero-order valence-electron chi connectivity index (χ0n) is 15.1. The van der Waals surface area contributed by atoms with Crippen molar-refractivity contribution in [3.05, 3.63) is 33.8 Å². The Kier molecular flexibility index (Phi) is 8.57. The van der Waals surface area contributed by atoms with Crippen molar-refractivity contribution in [2.75, 3.05) is 33.1 Å². The minimum Gasteiger partial charge on any atom is -0.452 e. The lowest BCUT2D eigenvalue weighted by molar-refractivity contribution is -0.123. The van der Waals surface area contributed by atoms with Gasteiger partial charge < -0.3 is 14.8 Å². The van der Waals surface area contributed by atoms with Gasteiger partial charge in [0.05, 0.1) is 17.9 Å². The number of carbonyl (C=O) groups is 3. The summed E-state index contributed by atoms with van der Waals surface area (Å²) in [5.74, 6) is -1.42. The molecule has 1 aromatic carbocycles. The third-order valence-corrected chi connectivity index (χ3v) is 5.44. The van der Waals surface area contributed by atoms with Crippen molar-refractivity contribution in [1.29, 1.82) is 0 Å². The summed E-state index contributed by atoms with van der Waals surface area (Å²) in [5.41, 5.74) is 0.969. The zero-order chi connectivity index (χ0) is 20.5. The Labute approximate surface area is 174 Å². The molecule has 2 aromatic rings. The molecule has 0 fully saturated rings. The zero-order valence-corrected chi connectivity index (χ0v) is 17.5. The normalized spacial score (nSPS) is 10.4. The van der Waals surface area contributed by atoms with Gasteiger partial charge in [-0.1, -0.05) is 23.1 Å². The van der Waals surface area contributed by atoms with Crippen molar-refractivity contribution in [1.82, 2.24) is 20.4 Å². The molecule has 0 aliphatic rings. The van der Waals surface area contributed by atoms with Gasteiger partial charge in [-0.2, -0.15) is 0 Å². The first-order chi connectivity index (χ1) is 13.4. The smallest absolute Gasteiger partial charge is 0.338 e. The molecule has 0 spiro atoms. The fraction of sp³-hybridized carbons (Fsp3) is 0.312. The number of rotatable bonds is 8. The van der Waals surface area contributed by atoms with Crippen LogP contribution in [0.5, 0.6) is 0 Å². The first-order valence-corrected chi connectivity index (χ1v) is 10.4. The second-order valence-corrected chi connectivity index (χ2v) is 7.85. The van der Waals surface area contributed by atoms with Gasteiger partial charge in [-0.25, -0.2) is 14.3 Å². The third-order valence-electron chi connectivity index (χ3n) is 3.23. The Balaban J connectivity index is 1.87. The van der Waals surface area contributed by atoms with E-state index in [2.05, 4.69) is 10.4 Å². The fourth-order valence-electron chi connectivity index (χ4n) is 1.93. The number of nitrogens with one attached hydrogen (secondary N) is 2. The van der Waals surface area contributed by atoms with Gasteiger partial charge in [-0.3, -0.25) is 10.1 Å². The monoisotopic (exact) mass is 442 g/mol. The highest BCUT2D eigenvalue weighted by molar-refractivity contribution is 8.00. The van der Waals surface area contributed by atoms with E-state index in [4.69, 9.17) is 21.7 Å². The lowest BCUT2D eigenvalue weighted by atomic mass is 10.2. The minimum atomic E-state index is -0.738. The highest BCUT2D eigenvalue weighted by atomic mass is 32.2. The summed E-state index contributed by atoms with van der Waals surface area (Å²) in [7, 11) is 1.49. The molecule has 0 aliphatic carbocycles. The Morgan fingerprint density at radius 2 is 2.00 bits per heavy atom. The predicted molar refractivity (Wildman–Crippen MR) is 108 cm³/mol. The first kappa shape index (κ1) is 22.0. The molecule has 1 aromatic heterocycles. The van der Waals surface area contributed by atoms with Crippen molar-refractivity contribution >= 4 is 53.2 Å². The van der Waals surface area contributed by atoms with Gasteiger partial charge in [0.25, 0.3) is 5.91 Å². The maximum Gasteiger partial charge on any atom is 0.338 e. The number of carbonyl (C=O) groups excluding carboxylic acids is 3. The third kappa shape index (κ3) is 6.41. The Hall–Kier alpha value is -2.28. The van der Waals surface area contributed by atoms with Crippen LogP contribution in [0.15, 0.2) is 28.6 Å². The highest BCUT2D eigenvalue weighted by Gasteiger charge is 2.13. The summed E-state index contributed by atoms with van der Waals surface area (Å²) < 4.78 is 12.7. The van der Waals surface area contributed by atoms with Gasteiger partial charge in [0.2, 0.25) is 0 Å². The molecule has 2 N–H and O–H groups in total. The van der Waals surface area contributed by atoms with Crippen LogP contribution >= 0.6 is 35.3 Å². The summed E-state index contributed by atoms with van der Waals surface area (Å²) in [6.07, 6.45) is 1.91. The number of thioether (sulfide) groups is 1. The second kappa shape index (κ2) is 10.9.